The Labute approximate surface area is 159 Å². The first kappa shape index (κ1) is 20.7. The number of rotatable bonds is 7. The zero-order chi connectivity index (χ0) is 20.2. The summed E-state index contributed by atoms with van der Waals surface area (Å²) in [6.07, 6.45) is 4.69. The van der Waals surface area contributed by atoms with Crippen molar-refractivity contribution < 1.29 is 19.5 Å². The van der Waals surface area contributed by atoms with Gasteiger partial charge in [0, 0.05) is 6.04 Å². The molecule has 4 N–H and O–H groups in total. The monoisotopic (exact) mass is 375 g/mol. The van der Waals surface area contributed by atoms with E-state index in [9.17, 15) is 19.5 Å². The maximum atomic E-state index is 12.8. The van der Waals surface area contributed by atoms with Crippen LogP contribution in [-0.4, -0.2) is 29.9 Å². The van der Waals surface area contributed by atoms with Crippen LogP contribution >= 0.6 is 0 Å². The number of amides is 3. The number of benzene rings is 1. The van der Waals surface area contributed by atoms with Gasteiger partial charge in [0.1, 0.15) is 5.69 Å². The fraction of sp³-hybridized carbons (Fsp3) is 0.550. The summed E-state index contributed by atoms with van der Waals surface area (Å²) >= 11 is 0. The largest absolute Gasteiger partial charge is 0.505 e. The van der Waals surface area contributed by atoms with Gasteiger partial charge in [0.05, 0.1) is 11.3 Å². The number of phenolic OH excluding ortho intramolecular Hbond substituents is 1. The molecule has 1 aromatic carbocycles. The first-order chi connectivity index (χ1) is 12.6. The highest BCUT2D eigenvalue weighted by molar-refractivity contribution is 6.02. The average Bonchev–Trinajstić information content (AvgIpc) is 2.56. The lowest BCUT2D eigenvalue weighted by atomic mass is 9.61. The van der Waals surface area contributed by atoms with Gasteiger partial charge in [-0.25, -0.2) is 0 Å². The molecular formula is C20H29N3O4. The highest BCUT2D eigenvalue weighted by Crippen LogP contribution is 2.48. The molecular weight excluding hydrogens is 346 g/mol. The molecule has 2 unspecified atom stereocenters. The van der Waals surface area contributed by atoms with E-state index in [4.69, 9.17) is 0 Å². The molecule has 3 amide bonds. The molecule has 148 valence electrons. The van der Waals surface area contributed by atoms with Crippen LogP contribution in [0.15, 0.2) is 12.1 Å². The molecule has 2 atom stereocenters. The molecule has 0 saturated heterocycles. The molecule has 0 bridgehead atoms. The molecule has 0 radical (unpaired) electrons. The lowest BCUT2D eigenvalue weighted by Crippen LogP contribution is -2.46. The van der Waals surface area contributed by atoms with Crippen molar-refractivity contribution in [1.29, 1.82) is 0 Å². The standard InChI is InChI=1S/C20H29N3O4/c1-5-20(4)9-13(8-19(2,3)10-20)23-18(27)14-6-7-15(21-11-24)16(17(14)26)22-12-25/h6-7,11-13,26H,5,8-10H2,1-4H3,(H,21,24)(H,22,25)(H,23,27). The summed E-state index contributed by atoms with van der Waals surface area (Å²) in [7, 11) is 0. The third-order valence-electron chi connectivity index (χ3n) is 5.47. The Morgan fingerprint density at radius 2 is 1.85 bits per heavy atom. The Balaban J connectivity index is 2.26. The molecule has 0 heterocycles. The van der Waals surface area contributed by atoms with Crippen LogP contribution in [0, 0.1) is 10.8 Å². The summed E-state index contributed by atoms with van der Waals surface area (Å²) < 4.78 is 0. The first-order valence-corrected chi connectivity index (χ1v) is 9.22. The van der Waals surface area contributed by atoms with E-state index in [1.54, 1.807) is 0 Å². The number of hydrogen-bond donors (Lipinski definition) is 4. The van der Waals surface area contributed by atoms with Gasteiger partial charge in [-0.2, -0.15) is 0 Å². The third-order valence-corrected chi connectivity index (χ3v) is 5.47. The van der Waals surface area contributed by atoms with E-state index in [-0.39, 0.29) is 39.6 Å². The Morgan fingerprint density at radius 1 is 1.19 bits per heavy atom. The Kier molecular flexibility index (Phi) is 6.13. The van der Waals surface area contributed by atoms with E-state index in [0.29, 0.717) is 12.8 Å². The zero-order valence-corrected chi connectivity index (χ0v) is 16.4. The molecule has 7 nitrogen and oxygen atoms in total. The van der Waals surface area contributed by atoms with Gasteiger partial charge < -0.3 is 21.1 Å². The first-order valence-electron chi connectivity index (χ1n) is 9.22. The number of carbonyl (C=O) groups is 3. The predicted octanol–water partition coefficient (Wildman–Crippen LogP) is 3.25. The molecule has 1 saturated carbocycles. The molecule has 7 heteroatoms. The van der Waals surface area contributed by atoms with Crippen LogP contribution < -0.4 is 16.0 Å². The van der Waals surface area contributed by atoms with Crippen molar-refractivity contribution in [3.8, 4) is 5.75 Å². The number of carbonyl (C=O) groups excluding carboxylic acids is 3. The fourth-order valence-electron chi connectivity index (χ4n) is 4.43. The lowest BCUT2D eigenvalue weighted by Gasteiger charge is -2.46. The second-order valence-corrected chi connectivity index (χ2v) is 8.49. The van der Waals surface area contributed by atoms with Crippen LogP contribution in [0.2, 0.25) is 0 Å². The van der Waals surface area contributed by atoms with Crippen molar-refractivity contribution >= 4 is 30.1 Å². The summed E-state index contributed by atoms with van der Waals surface area (Å²) in [5.74, 6) is -0.778. The number of anilines is 2. The van der Waals surface area contributed by atoms with E-state index >= 15 is 0 Å². The molecule has 1 fully saturated rings. The van der Waals surface area contributed by atoms with E-state index in [1.165, 1.54) is 12.1 Å². The molecule has 1 aliphatic rings. The van der Waals surface area contributed by atoms with E-state index in [2.05, 4.69) is 43.6 Å². The van der Waals surface area contributed by atoms with Crippen molar-refractivity contribution in [3.63, 3.8) is 0 Å². The van der Waals surface area contributed by atoms with Crippen molar-refractivity contribution in [2.24, 2.45) is 10.8 Å². The van der Waals surface area contributed by atoms with Crippen molar-refractivity contribution in [3.05, 3.63) is 17.7 Å². The average molecular weight is 375 g/mol. The molecule has 0 spiro atoms. The molecule has 0 aromatic heterocycles. The van der Waals surface area contributed by atoms with Gasteiger partial charge in [-0.1, -0.05) is 34.1 Å². The van der Waals surface area contributed by atoms with Gasteiger partial charge >= 0.3 is 0 Å². The van der Waals surface area contributed by atoms with Crippen molar-refractivity contribution in [2.75, 3.05) is 10.6 Å². The quantitative estimate of drug-likeness (QED) is 0.433. The minimum Gasteiger partial charge on any atom is -0.505 e. The van der Waals surface area contributed by atoms with Crippen LogP contribution in [0.1, 0.15) is 63.7 Å². The van der Waals surface area contributed by atoms with Crippen LogP contribution in [0.4, 0.5) is 11.4 Å². The Hall–Kier alpha value is -2.57. The number of nitrogens with one attached hydrogen (secondary N) is 3. The molecule has 2 rings (SSSR count). The normalized spacial score (nSPS) is 23.9. The SMILES string of the molecule is CCC1(C)CC(NC(=O)c2ccc(NC=O)c(NC=O)c2O)CC(C)(C)C1. The third kappa shape index (κ3) is 4.78. The predicted molar refractivity (Wildman–Crippen MR) is 105 cm³/mol. The Morgan fingerprint density at radius 3 is 2.44 bits per heavy atom. The highest BCUT2D eigenvalue weighted by Gasteiger charge is 2.40. The maximum Gasteiger partial charge on any atom is 0.255 e. The van der Waals surface area contributed by atoms with E-state index < -0.39 is 5.91 Å². The second kappa shape index (κ2) is 7.98. The van der Waals surface area contributed by atoms with E-state index in [1.807, 2.05) is 0 Å². The smallest absolute Gasteiger partial charge is 0.255 e. The van der Waals surface area contributed by atoms with Crippen molar-refractivity contribution in [1.82, 2.24) is 5.32 Å². The molecule has 27 heavy (non-hydrogen) atoms. The highest BCUT2D eigenvalue weighted by atomic mass is 16.3. The van der Waals surface area contributed by atoms with Gasteiger partial charge in [-0.3, -0.25) is 14.4 Å². The summed E-state index contributed by atoms with van der Waals surface area (Å²) in [4.78, 5) is 34.3. The van der Waals surface area contributed by atoms with Gasteiger partial charge in [0.2, 0.25) is 12.8 Å². The van der Waals surface area contributed by atoms with Crippen LogP contribution in [0.5, 0.6) is 5.75 Å². The molecule has 0 aliphatic heterocycles. The topological polar surface area (TPSA) is 108 Å². The molecule has 1 aliphatic carbocycles. The number of phenols is 1. The van der Waals surface area contributed by atoms with Gasteiger partial charge in [-0.05, 0) is 42.2 Å². The minimum atomic E-state index is -0.403. The van der Waals surface area contributed by atoms with E-state index in [0.717, 1.165) is 25.7 Å². The summed E-state index contributed by atoms with van der Waals surface area (Å²) in [6, 6.07) is 2.90. The second-order valence-electron chi connectivity index (χ2n) is 8.49. The number of hydrogen-bond acceptors (Lipinski definition) is 4. The Bertz CT molecular complexity index is 732. The van der Waals surface area contributed by atoms with Crippen LogP contribution in [-0.2, 0) is 9.59 Å². The van der Waals surface area contributed by atoms with Gasteiger partial charge in [0.15, 0.2) is 5.75 Å². The lowest BCUT2D eigenvalue weighted by molar-refractivity contribution is -0.106. The van der Waals surface area contributed by atoms with Gasteiger partial charge in [0.25, 0.3) is 5.91 Å². The molecule has 1 aromatic rings. The van der Waals surface area contributed by atoms with Crippen LogP contribution in [0.25, 0.3) is 0 Å². The van der Waals surface area contributed by atoms with Gasteiger partial charge in [-0.15, -0.1) is 0 Å². The minimum absolute atomic E-state index is 0.000793. The zero-order valence-electron chi connectivity index (χ0n) is 16.4. The fourth-order valence-corrected chi connectivity index (χ4v) is 4.43. The van der Waals surface area contributed by atoms with Crippen molar-refractivity contribution in [2.45, 2.75) is 59.4 Å². The summed E-state index contributed by atoms with van der Waals surface area (Å²) in [5.41, 5.74) is 0.530. The summed E-state index contributed by atoms with van der Waals surface area (Å²) in [5, 5.41) is 18.2. The maximum absolute atomic E-state index is 12.8. The van der Waals surface area contributed by atoms with Crippen LogP contribution in [0.3, 0.4) is 0 Å². The summed E-state index contributed by atoms with van der Waals surface area (Å²) in [6.45, 7) is 8.84. The number of aromatic hydroxyl groups is 1.